The van der Waals surface area contributed by atoms with Crippen molar-refractivity contribution in [1.29, 1.82) is 0 Å². The number of ether oxygens (including phenoxy) is 1. The minimum atomic E-state index is 0. The van der Waals surface area contributed by atoms with E-state index in [1.165, 1.54) is 4.88 Å². The van der Waals surface area contributed by atoms with E-state index in [2.05, 4.69) is 16.8 Å². The van der Waals surface area contributed by atoms with Crippen molar-refractivity contribution in [2.75, 3.05) is 25.1 Å². The van der Waals surface area contributed by atoms with Gasteiger partial charge in [-0.3, -0.25) is 4.79 Å². The molecule has 1 fully saturated rings. The Bertz CT molecular complexity index is 625. The zero-order valence-corrected chi connectivity index (χ0v) is 15.4. The third kappa shape index (κ3) is 4.50. The first-order valence-corrected chi connectivity index (χ1v) is 8.84. The van der Waals surface area contributed by atoms with E-state index in [0.29, 0.717) is 6.54 Å². The highest BCUT2D eigenvalue weighted by Gasteiger charge is 2.27. The van der Waals surface area contributed by atoms with Crippen molar-refractivity contribution in [2.24, 2.45) is 5.92 Å². The van der Waals surface area contributed by atoms with Crippen LogP contribution in [-0.2, 0) is 11.3 Å². The van der Waals surface area contributed by atoms with Gasteiger partial charge in [0.2, 0.25) is 5.91 Å². The zero-order valence-electron chi connectivity index (χ0n) is 13.7. The molecule has 1 aromatic carbocycles. The first-order valence-electron chi connectivity index (χ1n) is 7.96. The maximum Gasteiger partial charge on any atom is 0.230 e. The minimum Gasteiger partial charge on any atom is -0.497 e. The quantitative estimate of drug-likeness (QED) is 0.877. The molecular weight excluding hydrogens is 344 g/mol. The molecule has 1 aliphatic rings. The molecule has 0 saturated carbocycles. The number of hydrogen-bond donors (Lipinski definition) is 1. The molecule has 130 valence electrons. The Balaban J connectivity index is 0.00000208. The fraction of sp³-hybridized carbons (Fsp3) is 0.389. The average molecular weight is 367 g/mol. The highest BCUT2D eigenvalue weighted by atomic mass is 35.5. The molecule has 0 radical (unpaired) electrons. The van der Waals surface area contributed by atoms with Gasteiger partial charge in [0.1, 0.15) is 5.75 Å². The third-order valence-electron chi connectivity index (χ3n) is 4.23. The van der Waals surface area contributed by atoms with Gasteiger partial charge in [0.05, 0.1) is 13.7 Å². The fourth-order valence-electron chi connectivity index (χ4n) is 2.91. The van der Waals surface area contributed by atoms with E-state index in [1.54, 1.807) is 18.4 Å². The highest BCUT2D eigenvalue weighted by Crippen LogP contribution is 2.26. The topological polar surface area (TPSA) is 41.6 Å². The molecule has 3 rings (SSSR count). The number of carbonyl (C=O) groups is 1. The molecular formula is C18H23ClN2O2S. The van der Waals surface area contributed by atoms with Crippen molar-refractivity contribution in [3.63, 3.8) is 0 Å². The molecule has 1 amide bonds. The van der Waals surface area contributed by atoms with Gasteiger partial charge in [0.15, 0.2) is 0 Å². The van der Waals surface area contributed by atoms with Crippen LogP contribution in [0.25, 0.3) is 0 Å². The molecule has 1 N–H and O–H groups in total. The van der Waals surface area contributed by atoms with E-state index in [1.807, 2.05) is 35.2 Å². The second-order valence-corrected chi connectivity index (χ2v) is 6.76. The van der Waals surface area contributed by atoms with Gasteiger partial charge in [-0.05, 0) is 61.6 Å². The summed E-state index contributed by atoms with van der Waals surface area (Å²) in [6, 6.07) is 11.9. The summed E-state index contributed by atoms with van der Waals surface area (Å²) in [5.41, 5.74) is 0.933. The number of piperidine rings is 1. The van der Waals surface area contributed by atoms with E-state index >= 15 is 0 Å². The van der Waals surface area contributed by atoms with Gasteiger partial charge < -0.3 is 15.0 Å². The van der Waals surface area contributed by atoms with Gasteiger partial charge in [0, 0.05) is 16.5 Å². The Morgan fingerprint density at radius 3 is 2.54 bits per heavy atom. The number of hydrogen-bond acceptors (Lipinski definition) is 4. The molecule has 2 aromatic rings. The summed E-state index contributed by atoms with van der Waals surface area (Å²) in [6.45, 7) is 2.48. The Labute approximate surface area is 153 Å². The van der Waals surface area contributed by atoms with Crippen LogP contribution in [0.15, 0.2) is 41.8 Å². The summed E-state index contributed by atoms with van der Waals surface area (Å²) < 4.78 is 5.22. The molecule has 0 aliphatic carbocycles. The highest BCUT2D eigenvalue weighted by molar-refractivity contribution is 7.09. The Morgan fingerprint density at radius 1 is 1.25 bits per heavy atom. The maximum atomic E-state index is 13.1. The fourth-order valence-corrected chi connectivity index (χ4v) is 3.60. The molecule has 6 heteroatoms. The number of anilines is 1. The Kier molecular flexibility index (Phi) is 7.09. The minimum absolute atomic E-state index is 0. The molecule has 24 heavy (non-hydrogen) atoms. The lowest BCUT2D eigenvalue weighted by molar-refractivity contribution is -0.123. The SMILES string of the molecule is COc1ccc(N(Cc2cccs2)C(=O)C2CCNCC2)cc1.Cl. The predicted octanol–water partition coefficient (Wildman–Crippen LogP) is 3.71. The number of carbonyl (C=O) groups excluding carboxylic acids is 1. The molecule has 0 bridgehead atoms. The van der Waals surface area contributed by atoms with Crippen molar-refractivity contribution < 1.29 is 9.53 Å². The van der Waals surface area contributed by atoms with Crippen LogP contribution in [-0.4, -0.2) is 26.1 Å². The smallest absolute Gasteiger partial charge is 0.230 e. The van der Waals surface area contributed by atoms with Crippen LogP contribution >= 0.6 is 23.7 Å². The molecule has 0 atom stereocenters. The molecule has 0 unspecified atom stereocenters. The van der Waals surface area contributed by atoms with Crippen LogP contribution in [0.4, 0.5) is 5.69 Å². The summed E-state index contributed by atoms with van der Waals surface area (Å²) in [5.74, 6) is 1.14. The zero-order chi connectivity index (χ0) is 16.1. The van der Waals surface area contributed by atoms with Crippen molar-refractivity contribution in [2.45, 2.75) is 19.4 Å². The number of thiophene rings is 1. The lowest BCUT2D eigenvalue weighted by atomic mass is 9.96. The van der Waals surface area contributed by atoms with Gasteiger partial charge >= 0.3 is 0 Å². The molecule has 1 saturated heterocycles. The average Bonchev–Trinajstić information content (AvgIpc) is 3.13. The summed E-state index contributed by atoms with van der Waals surface area (Å²) in [5, 5.41) is 5.38. The van der Waals surface area contributed by atoms with Crippen LogP contribution < -0.4 is 15.0 Å². The molecule has 2 heterocycles. The summed E-state index contributed by atoms with van der Waals surface area (Å²) in [6.07, 6.45) is 1.83. The lowest BCUT2D eigenvalue weighted by Crippen LogP contribution is -2.40. The lowest BCUT2D eigenvalue weighted by Gasteiger charge is -2.29. The van der Waals surface area contributed by atoms with Gasteiger partial charge in [0.25, 0.3) is 0 Å². The van der Waals surface area contributed by atoms with E-state index in [9.17, 15) is 4.79 Å². The summed E-state index contributed by atoms with van der Waals surface area (Å²) in [7, 11) is 1.65. The van der Waals surface area contributed by atoms with Crippen LogP contribution in [0.1, 0.15) is 17.7 Å². The number of methoxy groups -OCH3 is 1. The van der Waals surface area contributed by atoms with Crippen LogP contribution in [0.5, 0.6) is 5.75 Å². The number of rotatable bonds is 5. The normalized spacial score (nSPS) is 14.7. The number of amides is 1. The largest absolute Gasteiger partial charge is 0.497 e. The van der Waals surface area contributed by atoms with Crippen molar-refractivity contribution in [1.82, 2.24) is 5.32 Å². The first kappa shape index (κ1) is 18.8. The van der Waals surface area contributed by atoms with Gasteiger partial charge in [-0.15, -0.1) is 23.7 Å². The number of nitrogens with one attached hydrogen (secondary N) is 1. The van der Waals surface area contributed by atoms with Gasteiger partial charge in [-0.1, -0.05) is 6.07 Å². The Hall–Kier alpha value is -1.56. The van der Waals surface area contributed by atoms with E-state index in [4.69, 9.17) is 4.74 Å². The van der Waals surface area contributed by atoms with Crippen LogP contribution in [0.2, 0.25) is 0 Å². The maximum absolute atomic E-state index is 13.1. The standard InChI is InChI=1S/C18H22N2O2S.ClH/c1-22-16-6-4-15(5-7-16)20(13-17-3-2-12-23-17)18(21)14-8-10-19-11-9-14;/h2-7,12,14,19H,8-11,13H2,1H3;1H. The van der Waals surface area contributed by atoms with E-state index in [-0.39, 0.29) is 24.2 Å². The van der Waals surface area contributed by atoms with Gasteiger partial charge in [-0.25, -0.2) is 0 Å². The van der Waals surface area contributed by atoms with E-state index < -0.39 is 0 Å². The van der Waals surface area contributed by atoms with Crippen molar-refractivity contribution >= 4 is 35.3 Å². The molecule has 1 aliphatic heterocycles. The predicted molar refractivity (Wildman–Crippen MR) is 101 cm³/mol. The van der Waals surface area contributed by atoms with Crippen molar-refractivity contribution in [3.8, 4) is 5.75 Å². The van der Waals surface area contributed by atoms with Crippen LogP contribution in [0, 0.1) is 5.92 Å². The first-order chi connectivity index (χ1) is 11.3. The molecule has 4 nitrogen and oxygen atoms in total. The number of halogens is 1. The summed E-state index contributed by atoms with van der Waals surface area (Å²) >= 11 is 1.69. The van der Waals surface area contributed by atoms with Crippen LogP contribution in [0.3, 0.4) is 0 Å². The van der Waals surface area contributed by atoms with Crippen molar-refractivity contribution in [3.05, 3.63) is 46.7 Å². The molecule has 1 aromatic heterocycles. The number of benzene rings is 1. The number of nitrogens with zero attached hydrogens (tertiary/aromatic N) is 1. The second-order valence-electron chi connectivity index (χ2n) is 5.73. The second kappa shape index (κ2) is 9.06. The third-order valence-corrected chi connectivity index (χ3v) is 5.09. The monoisotopic (exact) mass is 366 g/mol. The summed E-state index contributed by atoms with van der Waals surface area (Å²) in [4.78, 5) is 16.2. The Morgan fingerprint density at radius 2 is 1.96 bits per heavy atom. The van der Waals surface area contributed by atoms with E-state index in [0.717, 1.165) is 37.4 Å². The molecule has 0 spiro atoms. The van der Waals surface area contributed by atoms with Gasteiger partial charge in [-0.2, -0.15) is 0 Å².